The van der Waals surface area contributed by atoms with Gasteiger partial charge in [0.25, 0.3) is 0 Å². The van der Waals surface area contributed by atoms with Crippen LogP contribution in [0.4, 0.5) is 0 Å². The van der Waals surface area contributed by atoms with Crippen molar-refractivity contribution in [3.8, 4) is 11.5 Å². The first-order valence-corrected chi connectivity index (χ1v) is 11.7. The number of nitrogens with two attached hydrogens (primary N) is 1. The van der Waals surface area contributed by atoms with Crippen LogP contribution in [0.5, 0.6) is 11.5 Å². The van der Waals surface area contributed by atoms with Gasteiger partial charge < -0.3 is 20.1 Å². The van der Waals surface area contributed by atoms with Crippen LogP contribution >= 0.6 is 0 Å². The second-order valence-electron chi connectivity index (χ2n) is 8.92. The zero-order chi connectivity index (χ0) is 23.2. The number of aryl methyl sites for hydroxylation is 1. The van der Waals surface area contributed by atoms with E-state index in [1.165, 1.54) is 0 Å². The van der Waals surface area contributed by atoms with Crippen LogP contribution in [-0.4, -0.2) is 60.9 Å². The molecule has 0 unspecified atom stereocenters. The summed E-state index contributed by atoms with van der Waals surface area (Å²) in [5.74, 6) is 1.37. The molecule has 0 spiro atoms. The number of amides is 2. The molecule has 4 rings (SSSR count). The Kier molecular flexibility index (Phi) is 7.50. The van der Waals surface area contributed by atoms with Crippen molar-refractivity contribution in [2.24, 2.45) is 11.7 Å². The van der Waals surface area contributed by atoms with E-state index < -0.39 is 0 Å². The Balaban J connectivity index is 1.24. The van der Waals surface area contributed by atoms with Crippen LogP contribution in [0.3, 0.4) is 0 Å². The van der Waals surface area contributed by atoms with Gasteiger partial charge in [0.1, 0.15) is 6.61 Å². The first kappa shape index (κ1) is 23.1. The maximum Gasteiger partial charge on any atom is 0.223 e. The number of carbonyl (C=O) groups excluding carboxylic acids is 2. The van der Waals surface area contributed by atoms with Crippen molar-refractivity contribution in [2.45, 2.75) is 38.3 Å². The summed E-state index contributed by atoms with van der Waals surface area (Å²) in [6.45, 7) is 3.78. The predicted molar refractivity (Wildman–Crippen MR) is 126 cm³/mol. The number of piperidine rings is 1. The summed E-state index contributed by atoms with van der Waals surface area (Å²) < 4.78 is 11.4. The van der Waals surface area contributed by atoms with E-state index in [1.54, 1.807) is 7.11 Å². The quantitative estimate of drug-likeness (QED) is 0.634. The number of hydrogen-bond acceptors (Lipinski definition) is 5. The molecule has 7 nitrogen and oxygen atoms in total. The molecular weight excluding hydrogens is 418 g/mol. The third kappa shape index (κ3) is 5.85. The minimum atomic E-state index is -0.188. The highest BCUT2D eigenvalue weighted by Gasteiger charge is 2.36. The zero-order valence-electron chi connectivity index (χ0n) is 19.2. The average Bonchev–Trinajstić information content (AvgIpc) is 2.81. The molecule has 2 aliphatic rings. The van der Waals surface area contributed by atoms with Crippen LogP contribution < -0.4 is 15.2 Å². The van der Waals surface area contributed by atoms with Gasteiger partial charge in [0.15, 0.2) is 11.5 Å². The maximum absolute atomic E-state index is 12.7. The molecule has 2 aliphatic heterocycles. The third-order valence-corrected chi connectivity index (χ3v) is 6.76. The standard InChI is InChI=1S/C26H33N3O4/c1-32-23-9-7-19(15-24(23)33-18-20-5-3-2-4-6-20)8-10-25(30)29-16-22(17-29)28-13-11-21(12-14-28)26(27)31/h2-7,9,15,21-22H,8,10-14,16-18H2,1H3,(H2,27,31). The van der Waals surface area contributed by atoms with Crippen LogP contribution in [0.2, 0.25) is 0 Å². The molecule has 7 heteroatoms. The molecule has 0 radical (unpaired) electrons. The lowest BCUT2D eigenvalue weighted by Crippen LogP contribution is -2.62. The Bertz CT molecular complexity index is 951. The van der Waals surface area contributed by atoms with Gasteiger partial charge >= 0.3 is 0 Å². The lowest BCUT2D eigenvalue weighted by Gasteiger charge is -2.47. The first-order chi connectivity index (χ1) is 16.0. The van der Waals surface area contributed by atoms with Gasteiger partial charge in [0, 0.05) is 31.5 Å². The Hall–Kier alpha value is -3.06. The molecule has 0 aliphatic carbocycles. The molecule has 0 aromatic heterocycles. The summed E-state index contributed by atoms with van der Waals surface area (Å²) in [5, 5.41) is 0. The molecule has 2 N–H and O–H groups in total. The maximum atomic E-state index is 12.7. The largest absolute Gasteiger partial charge is 0.493 e. The fraction of sp³-hybridized carbons (Fsp3) is 0.462. The van der Waals surface area contributed by atoms with Crippen molar-refractivity contribution in [3.63, 3.8) is 0 Å². The summed E-state index contributed by atoms with van der Waals surface area (Å²) in [4.78, 5) is 28.3. The molecule has 2 amide bonds. The summed E-state index contributed by atoms with van der Waals surface area (Å²) in [6, 6.07) is 16.3. The van der Waals surface area contributed by atoms with Gasteiger partial charge in [0.2, 0.25) is 11.8 Å². The molecule has 2 aromatic rings. The lowest BCUT2D eigenvalue weighted by atomic mass is 9.93. The van der Waals surface area contributed by atoms with E-state index >= 15 is 0 Å². The molecule has 2 aromatic carbocycles. The highest BCUT2D eigenvalue weighted by atomic mass is 16.5. The van der Waals surface area contributed by atoms with Crippen molar-refractivity contribution < 1.29 is 19.1 Å². The van der Waals surface area contributed by atoms with Crippen LogP contribution in [0.15, 0.2) is 48.5 Å². The molecule has 2 fully saturated rings. The predicted octanol–water partition coefficient (Wildman–Crippen LogP) is 2.61. The second-order valence-corrected chi connectivity index (χ2v) is 8.92. The van der Waals surface area contributed by atoms with E-state index in [0.717, 1.165) is 50.1 Å². The zero-order valence-corrected chi connectivity index (χ0v) is 19.2. The number of ether oxygens (including phenoxy) is 2. The molecule has 2 saturated heterocycles. The highest BCUT2D eigenvalue weighted by Crippen LogP contribution is 2.30. The number of benzene rings is 2. The number of hydrogen-bond donors (Lipinski definition) is 1. The fourth-order valence-corrected chi connectivity index (χ4v) is 4.57. The van der Waals surface area contributed by atoms with Crippen LogP contribution in [0.1, 0.15) is 30.4 Å². The van der Waals surface area contributed by atoms with Gasteiger partial charge in [-0.3, -0.25) is 14.5 Å². The van der Waals surface area contributed by atoms with Gasteiger partial charge in [-0.1, -0.05) is 36.4 Å². The Morgan fingerprint density at radius 1 is 1.00 bits per heavy atom. The summed E-state index contributed by atoms with van der Waals surface area (Å²) in [5.41, 5.74) is 7.56. The Morgan fingerprint density at radius 3 is 2.39 bits per heavy atom. The van der Waals surface area contributed by atoms with Crippen molar-refractivity contribution >= 4 is 11.8 Å². The SMILES string of the molecule is COc1ccc(CCC(=O)N2CC(N3CCC(C(N)=O)CC3)C2)cc1OCc1ccccc1. The highest BCUT2D eigenvalue weighted by molar-refractivity contribution is 5.77. The van der Waals surface area contributed by atoms with Crippen LogP contribution in [0.25, 0.3) is 0 Å². The molecule has 0 atom stereocenters. The molecule has 33 heavy (non-hydrogen) atoms. The van der Waals surface area contributed by atoms with E-state index in [0.29, 0.717) is 37.0 Å². The number of nitrogens with zero attached hydrogens (tertiary/aromatic N) is 2. The lowest BCUT2D eigenvalue weighted by molar-refractivity contribution is -0.139. The van der Waals surface area contributed by atoms with E-state index in [2.05, 4.69) is 4.90 Å². The van der Waals surface area contributed by atoms with Crippen molar-refractivity contribution in [3.05, 3.63) is 59.7 Å². The van der Waals surface area contributed by atoms with Crippen molar-refractivity contribution in [1.29, 1.82) is 0 Å². The van der Waals surface area contributed by atoms with Gasteiger partial charge in [-0.15, -0.1) is 0 Å². The van der Waals surface area contributed by atoms with Gasteiger partial charge in [-0.05, 0) is 55.6 Å². The summed E-state index contributed by atoms with van der Waals surface area (Å²) in [6.07, 6.45) is 2.79. The Labute approximate surface area is 195 Å². The molecule has 2 heterocycles. The van der Waals surface area contributed by atoms with E-state index in [-0.39, 0.29) is 17.7 Å². The first-order valence-electron chi connectivity index (χ1n) is 11.7. The normalized spacial score (nSPS) is 17.4. The third-order valence-electron chi connectivity index (χ3n) is 6.76. The van der Waals surface area contributed by atoms with Crippen LogP contribution in [-0.2, 0) is 22.6 Å². The number of rotatable bonds is 9. The second kappa shape index (κ2) is 10.7. The summed E-state index contributed by atoms with van der Waals surface area (Å²) in [7, 11) is 1.63. The average molecular weight is 452 g/mol. The van der Waals surface area contributed by atoms with Crippen molar-refractivity contribution in [2.75, 3.05) is 33.3 Å². The number of carbonyl (C=O) groups is 2. The molecule has 0 saturated carbocycles. The van der Waals surface area contributed by atoms with E-state index in [4.69, 9.17) is 15.2 Å². The topological polar surface area (TPSA) is 85.1 Å². The van der Waals surface area contributed by atoms with Crippen molar-refractivity contribution in [1.82, 2.24) is 9.80 Å². The monoisotopic (exact) mass is 451 g/mol. The van der Waals surface area contributed by atoms with Gasteiger partial charge in [0.05, 0.1) is 7.11 Å². The number of likely N-dealkylation sites (tertiary alicyclic amines) is 2. The fourth-order valence-electron chi connectivity index (χ4n) is 4.57. The Morgan fingerprint density at radius 2 is 1.73 bits per heavy atom. The molecular formula is C26H33N3O4. The minimum absolute atomic E-state index is 0.00474. The van der Waals surface area contributed by atoms with E-state index in [9.17, 15) is 9.59 Å². The smallest absolute Gasteiger partial charge is 0.223 e. The molecule has 176 valence electrons. The van der Waals surface area contributed by atoms with Gasteiger partial charge in [-0.2, -0.15) is 0 Å². The van der Waals surface area contributed by atoms with E-state index in [1.807, 2.05) is 53.4 Å². The minimum Gasteiger partial charge on any atom is -0.493 e. The van der Waals surface area contributed by atoms with Gasteiger partial charge in [-0.25, -0.2) is 0 Å². The molecule has 0 bridgehead atoms. The number of methoxy groups -OCH3 is 1. The van der Waals surface area contributed by atoms with Crippen LogP contribution in [0, 0.1) is 5.92 Å². The number of primary amides is 1. The summed E-state index contributed by atoms with van der Waals surface area (Å²) >= 11 is 0.